The molecule has 6 heteroatoms. The molecule has 1 rings (SSSR count). The molecule has 0 bridgehead atoms. The van der Waals surface area contributed by atoms with E-state index in [0.29, 0.717) is 18.0 Å². The van der Waals surface area contributed by atoms with Crippen molar-refractivity contribution in [3.05, 3.63) is 29.8 Å². The Balaban J connectivity index is 2.44. The van der Waals surface area contributed by atoms with Gasteiger partial charge in [-0.1, -0.05) is 26.0 Å². The van der Waals surface area contributed by atoms with Gasteiger partial charge in [0.25, 0.3) is 0 Å². The van der Waals surface area contributed by atoms with Gasteiger partial charge < -0.3 is 15.7 Å². The van der Waals surface area contributed by atoms with Crippen LogP contribution in [0.15, 0.2) is 24.3 Å². The van der Waals surface area contributed by atoms with Crippen molar-refractivity contribution in [2.75, 3.05) is 11.9 Å². The van der Waals surface area contributed by atoms with Crippen molar-refractivity contribution in [3.63, 3.8) is 0 Å². The lowest BCUT2D eigenvalue weighted by Crippen LogP contribution is -2.30. The summed E-state index contributed by atoms with van der Waals surface area (Å²) in [4.78, 5) is 33.5. The van der Waals surface area contributed by atoms with Gasteiger partial charge in [-0.3, -0.25) is 14.4 Å². The second-order valence-electron chi connectivity index (χ2n) is 5.52. The highest BCUT2D eigenvalue weighted by Crippen LogP contribution is 2.12. The number of carboxylic acids is 1. The van der Waals surface area contributed by atoms with E-state index in [0.717, 1.165) is 12.0 Å². The summed E-state index contributed by atoms with van der Waals surface area (Å²) in [5.41, 5.74) is 1.44. The van der Waals surface area contributed by atoms with E-state index in [9.17, 15) is 14.4 Å². The maximum Gasteiger partial charge on any atom is 0.322 e. The second-order valence-corrected chi connectivity index (χ2v) is 5.52. The molecule has 0 unspecified atom stereocenters. The lowest BCUT2D eigenvalue weighted by Gasteiger charge is -2.08. The minimum Gasteiger partial charge on any atom is -0.480 e. The third kappa shape index (κ3) is 7.42. The summed E-state index contributed by atoms with van der Waals surface area (Å²) in [5, 5.41) is 13.6. The van der Waals surface area contributed by atoms with Crippen molar-refractivity contribution in [3.8, 4) is 0 Å². The number of anilines is 1. The third-order valence-corrected chi connectivity index (χ3v) is 2.99. The third-order valence-electron chi connectivity index (χ3n) is 2.99. The van der Waals surface area contributed by atoms with Crippen molar-refractivity contribution < 1.29 is 19.5 Å². The van der Waals surface area contributed by atoms with Crippen LogP contribution >= 0.6 is 0 Å². The van der Waals surface area contributed by atoms with Crippen molar-refractivity contribution in [2.45, 2.75) is 33.1 Å². The highest BCUT2D eigenvalue weighted by molar-refractivity contribution is 5.90. The average Bonchev–Trinajstić information content (AvgIpc) is 2.45. The highest BCUT2D eigenvalue weighted by Gasteiger charge is 2.07. The zero-order valence-corrected chi connectivity index (χ0v) is 12.9. The van der Waals surface area contributed by atoms with E-state index in [2.05, 4.69) is 24.5 Å². The van der Waals surface area contributed by atoms with Crippen LogP contribution in [-0.2, 0) is 20.8 Å². The predicted octanol–water partition coefficient (Wildman–Crippen LogP) is 1.80. The summed E-state index contributed by atoms with van der Waals surface area (Å²) in [7, 11) is 0. The standard InChI is InChI=1S/C16H22N2O4/c1-11(2)3-8-14(19)18-13-6-4-12(5-7-13)9-15(20)17-10-16(21)22/h4-7,11H,3,8-10H2,1-2H3,(H,17,20)(H,18,19)(H,21,22). The topological polar surface area (TPSA) is 95.5 Å². The van der Waals surface area contributed by atoms with Gasteiger partial charge in [0.05, 0.1) is 6.42 Å². The first kappa shape index (κ1) is 17.7. The number of amides is 2. The molecule has 120 valence electrons. The molecule has 0 radical (unpaired) electrons. The summed E-state index contributed by atoms with van der Waals surface area (Å²) >= 11 is 0. The molecule has 0 fully saturated rings. The average molecular weight is 306 g/mol. The van der Waals surface area contributed by atoms with Crippen LogP contribution in [0.4, 0.5) is 5.69 Å². The van der Waals surface area contributed by atoms with Gasteiger partial charge in [0.2, 0.25) is 11.8 Å². The maximum absolute atomic E-state index is 11.7. The van der Waals surface area contributed by atoms with Gasteiger partial charge >= 0.3 is 5.97 Å². The largest absolute Gasteiger partial charge is 0.480 e. The number of carboxylic acid groups (broad SMARTS) is 1. The molecule has 0 saturated carbocycles. The number of aliphatic carboxylic acids is 1. The number of hydrogen-bond acceptors (Lipinski definition) is 3. The van der Waals surface area contributed by atoms with Crippen molar-refractivity contribution in [2.24, 2.45) is 5.92 Å². The van der Waals surface area contributed by atoms with E-state index >= 15 is 0 Å². The van der Waals surface area contributed by atoms with Crippen LogP contribution in [0.25, 0.3) is 0 Å². The molecule has 0 spiro atoms. The molecule has 0 aliphatic heterocycles. The van der Waals surface area contributed by atoms with Crippen LogP contribution < -0.4 is 10.6 Å². The molecule has 1 aromatic carbocycles. The summed E-state index contributed by atoms with van der Waals surface area (Å²) < 4.78 is 0. The molecular weight excluding hydrogens is 284 g/mol. The normalized spacial score (nSPS) is 10.3. The lowest BCUT2D eigenvalue weighted by atomic mass is 10.1. The number of carbonyl (C=O) groups is 3. The molecule has 0 saturated heterocycles. The molecule has 1 aromatic rings. The van der Waals surface area contributed by atoms with Crippen LogP contribution in [-0.4, -0.2) is 29.4 Å². The monoisotopic (exact) mass is 306 g/mol. The molecule has 3 N–H and O–H groups in total. The fourth-order valence-electron chi connectivity index (χ4n) is 1.77. The Morgan fingerprint density at radius 3 is 2.27 bits per heavy atom. The fraction of sp³-hybridized carbons (Fsp3) is 0.438. The quantitative estimate of drug-likeness (QED) is 0.682. The Bertz CT molecular complexity index is 523. The van der Waals surface area contributed by atoms with E-state index in [4.69, 9.17) is 5.11 Å². The molecule has 2 amide bonds. The Hall–Kier alpha value is -2.37. The zero-order valence-electron chi connectivity index (χ0n) is 12.9. The van der Waals surface area contributed by atoms with E-state index in [1.54, 1.807) is 24.3 Å². The van der Waals surface area contributed by atoms with Gasteiger partial charge in [-0.15, -0.1) is 0 Å². The van der Waals surface area contributed by atoms with Gasteiger partial charge in [-0.2, -0.15) is 0 Å². The number of nitrogens with one attached hydrogen (secondary N) is 2. The first-order valence-corrected chi connectivity index (χ1v) is 7.24. The number of hydrogen-bond donors (Lipinski definition) is 3. The molecule has 6 nitrogen and oxygen atoms in total. The minimum atomic E-state index is -1.08. The van der Waals surface area contributed by atoms with Crippen LogP contribution in [0.5, 0.6) is 0 Å². The Morgan fingerprint density at radius 1 is 1.09 bits per heavy atom. The van der Waals surface area contributed by atoms with E-state index in [-0.39, 0.29) is 24.8 Å². The Labute approximate surface area is 129 Å². The van der Waals surface area contributed by atoms with E-state index < -0.39 is 5.97 Å². The van der Waals surface area contributed by atoms with Gasteiger partial charge in [-0.05, 0) is 30.0 Å². The zero-order chi connectivity index (χ0) is 16.5. The number of benzene rings is 1. The predicted molar refractivity (Wildman–Crippen MR) is 83.5 cm³/mol. The van der Waals surface area contributed by atoms with Crippen LogP contribution in [0.3, 0.4) is 0 Å². The van der Waals surface area contributed by atoms with Crippen molar-refractivity contribution in [1.82, 2.24) is 5.32 Å². The van der Waals surface area contributed by atoms with Gasteiger partial charge in [0, 0.05) is 12.1 Å². The SMILES string of the molecule is CC(C)CCC(=O)Nc1ccc(CC(=O)NCC(=O)O)cc1. The molecule has 0 aliphatic carbocycles. The van der Waals surface area contributed by atoms with Crippen LogP contribution in [0.1, 0.15) is 32.3 Å². The first-order chi connectivity index (χ1) is 10.4. The molecule has 0 atom stereocenters. The van der Waals surface area contributed by atoms with Gasteiger partial charge in [0.15, 0.2) is 0 Å². The van der Waals surface area contributed by atoms with Gasteiger partial charge in [0.1, 0.15) is 6.54 Å². The summed E-state index contributed by atoms with van der Waals surface area (Å²) in [6, 6.07) is 6.93. The Kier molecular flexibility index (Phi) is 7.08. The highest BCUT2D eigenvalue weighted by atomic mass is 16.4. The van der Waals surface area contributed by atoms with Crippen LogP contribution in [0, 0.1) is 5.92 Å². The smallest absolute Gasteiger partial charge is 0.322 e. The van der Waals surface area contributed by atoms with Crippen LogP contribution in [0.2, 0.25) is 0 Å². The number of rotatable bonds is 8. The van der Waals surface area contributed by atoms with Crippen molar-refractivity contribution >= 4 is 23.5 Å². The second kappa shape index (κ2) is 8.81. The summed E-state index contributed by atoms with van der Waals surface area (Å²) in [5.74, 6) is -0.970. The van der Waals surface area contributed by atoms with E-state index in [1.165, 1.54) is 0 Å². The summed E-state index contributed by atoms with van der Waals surface area (Å²) in [6.07, 6.45) is 1.43. The maximum atomic E-state index is 11.7. The molecule has 22 heavy (non-hydrogen) atoms. The molecule has 0 aromatic heterocycles. The van der Waals surface area contributed by atoms with Crippen molar-refractivity contribution in [1.29, 1.82) is 0 Å². The molecular formula is C16H22N2O4. The minimum absolute atomic E-state index is 0.0272. The lowest BCUT2D eigenvalue weighted by molar-refractivity contribution is -0.137. The first-order valence-electron chi connectivity index (χ1n) is 7.24. The molecule has 0 aliphatic rings. The van der Waals surface area contributed by atoms with E-state index in [1.807, 2.05) is 0 Å². The Morgan fingerprint density at radius 2 is 1.73 bits per heavy atom. The number of carbonyl (C=O) groups excluding carboxylic acids is 2. The fourth-order valence-corrected chi connectivity index (χ4v) is 1.77. The summed E-state index contributed by atoms with van der Waals surface area (Å²) in [6.45, 7) is 3.75. The van der Waals surface area contributed by atoms with Gasteiger partial charge in [-0.25, -0.2) is 0 Å². The molecule has 0 heterocycles.